The number of carbonyl (C=O) groups excluding carboxylic acids is 1. The van der Waals surface area contributed by atoms with Gasteiger partial charge in [-0.15, -0.1) is 0 Å². The van der Waals surface area contributed by atoms with Gasteiger partial charge in [0.2, 0.25) is 0 Å². The van der Waals surface area contributed by atoms with Crippen LogP contribution in [0.25, 0.3) is 0 Å². The van der Waals surface area contributed by atoms with Crippen LogP contribution in [-0.2, 0) is 9.53 Å². The van der Waals surface area contributed by atoms with Crippen LogP contribution in [0.1, 0.15) is 18.5 Å². The van der Waals surface area contributed by atoms with Crippen molar-refractivity contribution in [3.63, 3.8) is 0 Å². The summed E-state index contributed by atoms with van der Waals surface area (Å²) < 4.78 is 21.4. The first-order chi connectivity index (χ1) is 14.9. The third kappa shape index (κ3) is 3.72. The highest BCUT2D eigenvalue weighted by atomic mass is 32.1. The Kier molecular flexibility index (Phi) is 5.60. The van der Waals surface area contributed by atoms with E-state index in [1.165, 1.54) is 20.3 Å². The van der Waals surface area contributed by atoms with Gasteiger partial charge in [-0.05, 0) is 49.0 Å². The van der Waals surface area contributed by atoms with Crippen LogP contribution in [0.3, 0.4) is 0 Å². The molecule has 2 aliphatic heterocycles. The number of phenols is 1. The molecule has 9 heteroatoms. The molecule has 4 rings (SSSR count). The van der Waals surface area contributed by atoms with Gasteiger partial charge in [0.1, 0.15) is 13.2 Å². The van der Waals surface area contributed by atoms with Gasteiger partial charge >= 0.3 is 5.97 Å². The highest BCUT2D eigenvalue weighted by Gasteiger charge is 2.36. The lowest BCUT2D eigenvalue weighted by Crippen LogP contribution is -2.48. The molecule has 2 heterocycles. The largest absolute Gasteiger partial charge is 0.504 e. The summed E-state index contributed by atoms with van der Waals surface area (Å²) in [6.07, 6.45) is 0. The number of phenolic OH excluding ortho intramolecular Hbond substituents is 1. The second kappa shape index (κ2) is 8.35. The highest BCUT2D eigenvalue weighted by molar-refractivity contribution is 7.80. The maximum atomic E-state index is 12.8. The van der Waals surface area contributed by atoms with Gasteiger partial charge < -0.3 is 29.4 Å². The van der Waals surface area contributed by atoms with Crippen molar-refractivity contribution >= 4 is 29.0 Å². The van der Waals surface area contributed by atoms with Crippen LogP contribution in [0.15, 0.2) is 47.7 Å². The van der Waals surface area contributed by atoms with Crippen LogP contribution in [0.2, 0.25) is 0 Å². The summed E-state index contributed by atoms with van der Waals surface area (Å²) in [4.78, 5) is 14.5. The minimum Gasteiger partial charge on any atom is -0.504 e. The van der Waals surface area contributed by atoms with Gasteiger partial charge in [0.05, 0.1) is 31.5 Å². The fraction of sp³-hybridized carbons (Fsp3) is 0.273. The number of allylic oxidation sites excluding steroid dienone is 1. The second-order valence-corrected chi connectivity index (χ2v) is 7.35. The number of ether oxygens (including phenoxy) is 4. The van der Waals surface area contributed by atoms with E-state index in [9.17, 15) is 9.90 Å². The Balaban J connectivity index is 1.79. The van der Waals surface area contributed by atoms with Crippen molar-refractivity contribution in [3.8, 4) is 23.0 Å². The number of rotatable bonds is 4. The number of methoxy groups -OCH3 is 2. The zero-order valence-electron chi connectivity index (χ0n) is 17.3. The quantitative estimate of drug-likeness (QED) is 0.548. The van der Waals surface area contributed by atoms with E-state index >= 15 is 0 Å². The normalized spacial score (nSPS) is 17.8. The van der Waals surface area contributed by atoms with Crippen LogP contribution in [0.5, 0.6) is 23.0 Å². The molecular formula is C22H22N2O6S. The summed E-state index contributed by atoms with van der Waals surface area (Å²) in [7, 11) is 2.80. The lowest BCUT2D eigenvalue weighted by molar-refractivity contribution is -0.136. The molecule has 162 valence electrons. The Bertz CT molecular complexity index is 1080. The van der Waals surface area contributed by atoms with E-state index in [1.54, 1.807) is 24.0 Å². The van der Waals surface area contributed by atoms with E-state index < -0.39 is 12.0 Å². The van der Waals surface area contributed by atoms with Gasteiger partial charge in [0.15, 0.2) is 28.1 Å². The molecule has 0 radical (unpaired) electrons. The molecule has 0 fully saturated rings. The molecule has 31 heavy (non-hydrogen) atoms. The van der Waals surface area contributed by atoms with Crippen molar-refractivity contribution in [1.82, 2.24) is 5.32 Å². The first-order valence-electron chi connectivity index (χ1n) is 9.61. The number of benzene rings is 2. The molecule has 2 aliphatic rings. The number of nitrogens with zero attached hydrogens (tertiary/aromatic N) is 1. The standard InChI is InChI=1S/C22H22N2O6S/c1-12-19(21(26)28-3)20(13-4-6-16(27-2)15(25)10-13)23-22(31)24(12)14-5-7-17-18(11-14)30-9-8-29-17/h4-7,10-11,20,25H,8-9H2,1-3H3,(H,23,31)/t20-/m1/s1. The average Bonchev–Trinajstić information content (AvgIpc) is 2.78. The van der Waals surface area contributed by atoms with Crippen LogP contribution in [0, 0.1) is 0 Å². The van der Waals surface area contributed by atoms with Gasteiger partial charge in [-0.2, -0.15) is 0 Å². The van der Waals surface area contributed by atoms with Gasteiger partial charge in [0.25, 0.3) is 0 Å². The first-order valence-corrected chi connectivity index (χ1v) is 10.0. The van der Waals surface area contributed by atoms with Crippen molar-refractivity contribution in [3.05, 3.63) is 53.2 Å². The Labute approximate surface area is 185 Å². The summed E-state index contributed by atoms with van der Waals surface area (Å²) in [6.45, 7) is 2.76. The maximum absolute atomic E-state index is 12.8. The number of aromatic hydroxyl groups is 1. The highest BCUT2D eigenvalue weighted by Crippen LogP contribution is 2.40. The molecule has 0 bridgehead atoms. The van der Waals surface area contributed by atoms with E-state index in [1.807, 2.05) is 18.2 Å². The molecule has 0 saturated heterocycles. The molecule has 0 aromatic heterocycles. The monoisotopic (exact) mass is 442 g/mol. The molecule has 0 saturated carbocycles. The fourth-order valence-corrected chi connectivity index (χ4v) is 4.10. The predicted octanol–water partition coefficient (Wildman–Crippen LogP) is 3.05. The zero-order valence-corrected chi connectivity index (χ0v) is 18.1. The van der Waals surface area contributed by atoms with Crippen molar-refractivity contribution in [2.45, 2.75) is 13.0 Å². The Morgan fingerprint density at radius 1 is 1.16 bits per heavy atom. The number of carbonyl (C=O) groups is 1. The molecule has 0 aliphatic carbocycles. The van der Waals surface area contributed by atoms with Gasteiger partial charge in [-0.3, -0.25) is 4.90 Å². The summed E-state index contributed by atoms with van der Waals surface area (Å²) in [5.41, 5.74) is 2.34. The van der Waals surface area contributed by atoms with Crippen LogP contribution in [-0.4, -0.2) is 43.6 Å². The molecule has 0 spiro atoms. The topological polar surface area (TPSA) is 89.5 Å². The minimum atomic E-state index is -0.606. The Hall–Kier alpha value is -3.46. The molecule has 2 N–H and O–H groups in total. The number of hydrogen-bond acceptors (Lipinski definition) is 7. The van der Waals surface area contributed by atoms with Crippen molar-refractivity contribution in [1.29, 1.82) is 0 Å². The Morgan fingerprint density at radius 3 is 2.58 bits per heavy atom. The summed E-state index contributed by atoms with van der Waals surface area (Å²) in [5.74, 6) is 1.06. The smallest absolute Gasteiger partial charge is 0.337 e. The number of hydrogen-bond donors (Lipinski definition) is 2. The number of thiocarbonyl (C=S) groups is 1. The molecular weight excluding hydrogens is 420 g/mol. The second-order valence-electron chi connectivity index (χ2n) is 6.97. The van der Waals surface area contributed by atoms with Crippen molar-refractivity contribution in [2.24, 2.45) is 0 Å². The molecule has 2 aromatic carbocycles. The van der Waals surface area contributed by atoms with Crippen LogP contribution in [0.4, 0.5) is 5.69 Å². The SMILES string of the molecule is COC(=O)C1=C(C)N(c2ccc3c(c2)OCCO3)C(=S)N[C@@H]1c1ccc(OC)c(O)c1. The zero-order chi connectivity index (χ0) is 22.1. The lowest BCUT2D eigenvalue weighted by atomic mass is 9.94. The Morgan fingerprint density at radius 2 is 1.90 bits per heavy atom. The molecule has 0 amide bonds. The number of esters is 1. The summed E-state index contributed by atoms with van der Waals surface area (Å²) in [6, 6.07) is 9.80. The number of nitrogens with one attached hydrogen (secondary N) is 1. The summed E-state index contributed by atoms with van der Waals surface area (Å²) in [5, 5.41) is 13.8. The van der Waals surface area contributed by atoms with Crippen molar-refractivity contribution in [2.75, 3.05) is 32.3 Å². The van der Waals surface area contributed by atoms with Crippen LogP contribution >= 0.6 is 12.2 Å². The fourth-order valence-electron chi connectivity index (χ4n) is 3.74. The minimum absolute atomic E-state index is 0.0381. The third-order valence-corrected chi connectivity index (χ3v) is 5.51. The predicted molar refractivity (Wildman–Crippen MR) is 118 cm³/mol. The van der Waals surface area contributed by atoms with Crippen LogP contribution < -0.4 is 24.4 Å². The molecule has 8 nitrogen and oxygen atoms in total. The number of fused-ring (bicyclic) bond motifs is 1. The summed E-state index contributed by atoms with van der Waals surface area (Å²) >= 11 is 5.64. The van der Waals surface area contributed by atoms with Gasteiger partial charge in [-0.1, -0.05) is 6.07 Å². The van der Waals surface area contributed by atoms with E-state index in [-0.39, 0.29) is 5.75 Å². The van der Waals surface area contributed by atoms with E-state index in [0.717, 1.165) is 5.69 Å². The maximum Gasteiger partial charge on any atom is 0.337 e. The van der Waals surface area contributed by atoms with Crippen molar-refractivity contribution < 1.29 is 28.8 Å². The lowest BCUT2D eigenvalue weighted by Gasteiger charge is -2.37. The number of anilines is 1. The van der Waals surface area contributed by atoms with Gasteiger partial charge in [0, 0.05) is 11.8 Å². The molecule has 1 atom stereocenters. The van der Waals surface area contributed by atoms with E-state index in [4.69, 9.17) is 31.2 Å². The average molecular weight is 442 g/mol. The van der Waals surface area contributed by atoms with Gasteiger partial charge in [-0.25, -0.2) is 4.79 Å². The molecule has 0 unspecified atom stereocenters. The molecule has 2 aromatic rings. The van der Waals surface area contributed by atoms with E-state index in [0.29, 0.717) is 52.4 Å². The van der Waals surface area contributed by atoms with E-state index in [2.05, 4.69) is 5.32 Å². The third-order valence-electron chi connectivity index (χ3n) is 5.21. The first kappa shape index (κ1) is 20.8.